The molecule has 0 amide bonds. The van der Waals surface area contributed by atoms with Crippen molar-refractivity contribution in [3.8, 4) is 0 Å². The van der Waals surface area contributed by atoms with Crippen LogP contribution in [0, 0.1) is 0 Å². The number of ether oxygens (including phenoxy) is 1. The van der Waals surface area contributed by atoms with Gasteiger partial charge in [0, 0.05) is 17.2 Å². The quantitative estimate of drug-likeness (QED) is 0.825. The van der Waals surface area contributed by atoms with Gasteiger partial charge in [-0.15, -0.1) is 0 Å². The molecule has 0 bridgehead atoms. The first-order chi connectivity index (χ1) is 6.68. The number of nitrogens with zero attached hydrogens (tertiary/aromatic N) is 1. The maximum absolute atomic E-state index is 5.39. The van der Waals surface area contributed by atoms with Crippen molar-refractivity contribution >= 4 is 21.7 Å². The van der Waals surface area contributed by atoms with Crippen LogP contribution in [-0.4, -0.2) is 24.2 Å². The first kappa shape index (κ1) is 11.5. The zero-order valence-corrected chi connectivity index (χ0v) is 10.0. The van der Waals surface area contributed by atoms with Crippen LogP contribution < -0.4 is 5.32 Å². The van der Waals surface area contributed by atoms with Crippen LogP contribution in [0.3, 0.4) is 0 Å². The standard InChI is InChI=1S/C10H15BrN2O/c1-8(2)14-6-5-12-10-4-3-9(11)7-13-10/h3-4,7-8H,5-6H2,1-2H3,(H,12,13). The first-order valence-electron chi connectivity index (χ1n) is 4.65. The highest BCUT2D eigenvalue weighted by Crippen LogP contribution is 2.09. The van der Waals surface area contributed by atoms with E-state index < -0.39 is 0 Å². The van der Waals surface area contributed by atoms with E-state index in [9.17, 15) is 0 Å². The first-order valence-corrected chi connectivity index (χ1v) is 5.45. The predicted octanol–water partition coefficient (Wildman–Crippen LogP) is 2.68. The van der Waals surface area contributed by atoms with Crippen LogP contribution >= 0.6 is 15.9 Å². The van der Waals surface area contributed by atoms with Crippen molar-refractivity contribution < 1.29 is 4.74 Å². The lowest BCUT2D eigenvalue weighted by Gasteiger charge is -2.08. The Balaban J connectivity index is 2.21. The molecule has 0 aliphatic carbocycles. The van der Waals surface area contributed by atoms with E-state index >= 15 is 0 Å². The van der Waals surface area contributed by atoms with Gasteiger partial charge in [-0.1, -0.05) is 0 Å². The molecule has 0 aliphatic rings. The summed E-state index contributed by atoms with van der Waals surface area (Å²) in [5.74, 6) is 0.876. The van der Waals surface area contributed by atoms with Gasteiger partial charge in [0.05, 0.1) is 12.7 Å². The lowest BCUT2D eigenvalue weighted by atomic mass is 10.4. The van der Waals surface area contributed by atoms with Crippen LogP contribution in [0.2, 0.25) is 0 Å². The number of hydrogen-bond acceptors (Lipinski definition) is 3. The highest BCUT2D eigenvalue weighted by molar-refractivity contribution is 9.10. The second-order valence-electron chi connectivity index (χ2n) is 3.21. The van der Waals surface area contributed by atoms with Crippen LogP contribution in [0.4, 0.5) is 5.82 Å². The van der Waals surface area contributed by atoms with Crippen molar-refractivity contribution in [1.29, 1.82) is 0 Å². The maximum atomic E-state index is 5.39. The Kier molecular flexibility index (Phi) is 4.90. The molecule has 0 aromatic carbocycles. The highest BCUT2D eigenvalue weighted by Gasteiger charge is 1.94. The molecule has 0 aliphatic heterocycles. The molecule has 4 heteroatoms. The van der Waals surface area contributed by atoms with E-state index in [1.54, 1.807) is 6.20 Å². The molecule has 0 unspecified atom stereocenters. The molecule has 0 saturated heterocycles. The summed E-state index contributed by atoms with van der Waals surface area (Å²) in [6, 6.07) is 3.89. The molecule has 0 spiro atoms. The van der Waals surface area contributed by atoms with Crippen molar-refractivity contribution in [2.24, 2.45) is 0 Å². The van der Waals surface area contributed by atoms with Crippen LogP contribution in [0.5, 0.6) is 0 Å². The van der Waals surface area contributed by atoms with Gasteiger partial charge >= 0.3 is 0 Å². The molecule has 14 heavy (non-hydrogen) atoms. The summed E-state index contributed by atoms with van der Waals surface area (Å²) < 4.78 is 6.38. The fourth-order valence-corrected chi connectivity index (χ4v) is 1.19. The fourth-order valence-electron chi connectivity index (χ4n) is 0.954. The minimum Gasteiger partial charge on any atom is -0.377 e. The van der Waals surface area contributed by atoms with Gasteiger partial charge < -0.3 is 10.1 Å². The van der Waals surface area contributed by atoms with Gasteiger partial charge in [-0.2, -0.15) is 0 Å². The Bertz CT molecular complexity index is 261. The molecular weight excluding hydrogens is 244 g/mol. The second-order valence-corrected chi connectivity index (χ2v) is 4.12. The number of halogens is 1. The summed E-state index contributed by atoms with van der Waals surface area (Å²) >= 11 is 3.33. The van der Waals surface area contributed by atoms with Crippen LogP contribution in [-0.2, 0) is 4.74 Å². The van der Waals surface area contributed by atoms with Gasteiger partial charge in [0.15, 0.2) is 0 Å². The third kappa shape index (κ3) is 4.58. The van der Waals surface area contributed by atoms with Crippen molar-refractivity contribution in [3.05, 3.63) is 22.8 Å². The zero-order valence-electron chi connectivity index (χ0n) is 8.46. The van der Waals surface area contributed by atoms with Gasteiger partial charge in [-0.05, 0) is 41.9 Å². The van der Waals surface area contributed by atoms with E-state index in [1.165, 1.54) is 0 Å². The Morgan fingerprint density at radius 1 is 1.50 bits per heavy atom. The third-order valence-corrected chi connectivity index (χ3v) is 2.06. The summed E-state index contributed by atoms with van der Waals surface area (Å²) in [5, 5.41) is 3.17. The topological polar surface area (TPSA) is 34.1 Å². The minimum atomic E-state index is 0.287. The molecule has 0 fully saturated rings. The average Bonchev–Trinajstić information content (AvgIpc) is 2.15. The number of hydrogen-bond donors (Lipinski definition) is 1. The molecule has 1 aromatic heterocycles. The molecule has 1 rings (SSSR count). The molecule has 0 saturated carbocycles. The largest absolute Gasteiger partial charge is 0.377 e. The second kappa shape index (κ2) is 5.98. The normalized spacial score (nSPS) is 10.6. The molecule has 3 nitrogen and oxygen atoms in total. The third-order valence-electron chi connectivity index (χ3n) is 1.59. The highest BCUT2D eigenvalue weighted by atomic mass is 79.9. The van der Waals surface area contributed by atoms with Gasteiger partial charge in [-0.3, -0.25) is 0 Å². The monoisotopic (exact) mass is 258 g/mol. The van der Waals surface area contributed by atoms with Crippen molar-refractivity contribution in [1.82, 2.24) is 4.98 Å². The van der Waals surface area contributed by atoms with Crippen molar-refractivity contribution in [2.45, 2.75) is 20.0 Å². The SMILES string of the molecule is CC(C)OCCNc1ccc(Br)cn1. The van der Waals surface area contributed by atoms with E-state index in [4.69, 9.17) is 4.74 Å². The lowest BCUT2D eigenvalue weighted by Crippen LogP contribution is -2.13. The molecule has 1 heterocycles. The summed E-state index contributed by atoms with van der Waals surface area (Å²) in [6.07, 6.45) is 2.06. The summed E-state index contributed by atoms with van der Waals surface area (Å²) in [5.41, 5.74) is 0. The Hall–Kier alpha value is -0.610. The maximum Gasteiger partial charge on any atom is 0.126 e. The van der Waals surface area contributed by atoms with Crippen LogP contribution in [0.1, 0.15) is 13.8 Å². The Morgan fingerprint density at radius 2 is 2.29 bits per heavy atom. The van der Waals surface area contributed by atoms with Gasteiger partial charge in [-0.25, -0.2) is 4.98 Å². The van der Waals surface area contributed by atoms with Crippen molar-refractivity contribution in [3.63, 3.8) is 0 Å². The lowest BCUT2D eigenvalue weighted by molar-refractivity contribution is 0.0870. The molecular formula is C10H15BrN2O. The Labute approximate surface area is 93.0 Å². The van der Waals surface area contributed by atoms with Crippen molar-refractivity contribution in [2.75, 3.05) is 18.5 Å². The molecule has 78 valence electrons. The van der Waals surface area contributed by atoms with E-state index in [0.717, 1.165) is 16.8 Å². The number of nitrogens with one attached hydrogen (secondary N) is 1. The molecule has 0 atom stereocenters. The Morgan fingerprint density at radius 3 is 2.86 bits per heavy atom. The zero-order chi connectivity index (χ0) is 10.4. The fraction of sp³-hybridized carbons (Fsp3) is 0.500. The van der Waals surface area contributed by atoms with E-state index in [1.807, 2.05) is 26.0 Å². The number of anilines is 1. The van der Waals surface area contributed by atoms with E-state index in [0.29, 0.717) is 6.61 Å². The number of rotatable bonds is 5. The predicted molar refractivity (Wildman–Crippen MR) is 61.5 cm³/mol. The minimum absolute atomic E-state index is 0.287. The van der Waals surface area contributed by atoms with Crippen LogP contribution in [0.25, 0.3) is 0 Å². The molecule has 1 aromatic rings. The molecule has 1 N–H and O–H groups in total. The average molecular weight is 259 g/mol. The van der Waals surface area contributed by atoms with E-state index in [-0.39, 0.29) is 6.10 Å². The summed E-state index contributed by atoms with van der Waals surface area (Å²) in [4.78, 5) is 4.18. The molecule has 0 radical (unpaired) electrons. The summed E-state index contributed by atoms with van der Waals surface area (Å²) in [7, 11) is 0. The van der Waals surface area contributed by atoms with Gasteiger partial charge in [0.1, 0.15) is 5.82 Å². The van der Waals surface area contributed by atoms with E-state index in [2.05, 4.69) is 26.2 Å². The number of pyridine rings is 1. The smallest absolute Gasteiger partial charge is 0.126 e. The van der Waals surface area contributed by atoms with Gasteiger partial charge in [0.2, 0.25) is 0 Å². The summed E-state index contributed by atoms with van der Waals surface area (Å²) in [6.45, 7) is 5.54. The van der Waals surface area contributed by atoms with Gasteiger partial charge in [0.25, 0.3) is 0 Å². The van der Waals surface area contributed by atoms with Crippen LogP contribution in [0.15, 0.2) is 22.8 Å². The number of aromatic nitrogens is 1.